The molecule has 7 nitrogen and oxygen atoms in total. The fourth-order valence-electron chi connectivity index (χ4n) is 4.11. The molecule has 0 bridgehead atoms. The van der Waals surface area contributed by atoms with Crippen LogP contribution in [-0.4, -0.2) is 55.0 Å². The van der Waals surface area contributed by atoms with Gasteiger partial charge in [0.2, 0.25) is 0 Å². The number of hydrogen-bond acceptors (Lipinski definition) is 7. The molecule has 176 valence electrons. The summed E-state index contributed by atoms with van der Waals surface area (Å²) < 4.78 is 22.4. The Morgan fingerprint density at radius 3 is 2.67 bits per heavy atom. The number of aliphatic hydroxyl groups excluding tert-OH is 1. The third-order valence-electron chi connectivity index (χ3n) is 5.76. The van der Waals surface area contributed by atoms with Gasteiger partial charge in [-0.2, -0.15) is 0 Å². The first-order chi connectivity index (χ1) is 15.9. The molecule has 0 aromatic heterocycles. The van der Waals surface area contributed by atoms with Crippen molar-refractivity contribution in [3.05, 3.63) is 64.2 Å². The zero-order chi connectivity index (χ0) is 23.4. The average Bonchev–Trinajstić information content (AvgIpc) is 3.30. The number of aliphatic hydroxyl groups is 1. The van der Waals surface area contributed by atoms with Crippen molar-refractivity contribution in [3.8, 4) is 5.75 Å². The van der Waals surface area contributed by atoms with E-state index in [2.05, 4.69) is 0 Å². The summed E-state index contributed by atoms with van der Waals surface area (Å²) in [7, 11) is 0. The molecule has 2 fully saturated rings. The predicted molar refractivity (Wildman–Crippen MR) is 120 cm³/mol. The van der Waals surface area contributed by atoms with E-state index in [0.29, 0.717) is 23.6 Å². The molecule has 4 rings (SSSR count). The number of hydrogen-bond donors (Lipinski definition) is 1. The van der Waals surface area contributed by atoms with Crippen molar-refractivity contribution in [2.75, 3.05) is 19.8 Å². The minimum atomic E-state index is -1.06. The maximum atomic E-state index is 12.6. The predicted octanol–water partition coefficient (Wildman–Crippen LogP) is 3.42. The van der Waals surface area contributed by atoms with Gasteiger partial charge in [0.05, 0.1) is 25.9 Å². The highest BCUT2D eigenvalue weighted by atomic mass is 35.5. The molecule has 0 spiro atoms. The van der Waals surface area contributed by atoms with E-state index < -0.39 is 24.3 Å². The number of halogens is 1. The smallest absolute Gasteiger partial charge is 0.303 e. The Morgan fingerprint density at radius 1 is 1.21 bits per heavy atom. The molecule has 2 aliphatic heterocycles. The van der Waals surface area contributed by atoms with Crippen molar-refractivity contribution in [1.29, 1.82) is 0 Å². The van der Waals surface area contributed by atoms with Crippen molar-refractivity contribution in [1.82, 2.24) is 0 Å². The lowest BCUT2D eigenvalue weighted by molar-refractivity contribution is -0.181. The van der Waals surface area contributed by atoms with Crippen LogP contribution in [0.5, 0.6) is 5.75 Å². The molecule has 0 aliphatic carbocycles. The van der Waals surface area contributed by atoms with Crippen LogP contribution >= 0.6 is 11.6 Å². The van der Waals surface area contributed by atoms with E-state index in [1.165, 1.54) is 6.92 Å². The Bertz CT molecular complexity index is 985. The minimum absolute atomic E-state index is 0.00715. The molecule has 2 heterocycles. The summed E-state index contributed by atoms with van der Waals surface area (Å²) in [6.07, 6.45) is -0.988. The lowest BCUT2D eigenvalue weighted by Gasteiger charge is -2.34. The highest BCUT2D eigenvalue weighted by Crippen LogP contribution is 2.34. The Kier molecular flexibility index (Phi) is 7.65. The summed E-state index contributed by atoms with van der Waals surface area (Å²) >= 11 is 6.46. The molecule has 2 aromatic carbocycles. The Balaban J connectivity index is 1.52. The van der Waals surface area contributed by atoms with Gasteiger partial charge in [0.1, 0.15) is 18.0 Å². The molecule has 0 radical (unpaired) electrons. The topological polar surface area (TPSA) is 91.3 Å². The van der Waals surface area contributed by atoms with Gasteiger partial charge in [-0.05, 0) is 41.3 Å². The van der Waals surface area contributed by atoms with E-state index in [1.807, 2.05) is 30.3 Å². The number of ketones is 1. The maximum Gasteiger partial charge on any atom is 0.303 e. The summed E-state index contributed by atoms with van der Waals surface area (Å²) in [6.45, 7) is 2.30. The van der Waals surface area contributed by atoms with Crippen LogP contribution in [0.1, 0.15) is 42.6 Å². The van der Waals surface area contributed by atoms with Crippen LogP contribution in [0.4, 0.5) is 0 Å². The van der Waals surface area contributed by atoms with Gasteiger partial charge in [0, 0.05) is 24.8 Å². The quantitative estimate of drug-likeness (QED) is 0.615. The molecular formula is C25H27ClO7. The van der Waals surface area contributed by atoms with Gasteiger partial charge in [-0.15, -0.1) is 0 Å². The van der Waals surface area contributed by atoms with Crippen molar-refractivity contribution in [2.24, 2.45) is 0 Å². The Morgan fingerprint density at radius 2 is 2.00 bits per heavy atom. The zero-order valence-corrected chi connectivity index (χ0v) is 19.1. The zero-order valence-electron chi connectivity index (χ0n) is 18.4. The number of carbonyl (C=O) groups is 2. The summed E-state index contributed by atoms with van der Waals surface area (Å²) in [5.74, 6) is -0.0483. The first-order valence-electron chi connectivity index (χ1n) is 11.0. The number of Topliss-reactive ketones (excluding diaryl/α,β-unsaturated/α-hetero) is 1. The number of ether oxygens (including phenoxy) is 4. The van der Waals surface area contributed by atoms with Crippen molar-refractivity contribution >= 4 is 23.4 Å². The molecule has 8 heteroatoms. The third-order valence-corrected chi connectivity index (χ3v) is 6.13. The van der Waals surface area contributed by atoms with E-state index in [4.69, 9.17) is 30.5 Å². The number of rotatable bonds is 7. The van der Waals surface area contributed by atoms with E-state index in [1.54, 1.807) is 12.1 Å². The van der Waals surface area contributed by atoms with Crippen molar-refractivity contribution < 1.29 is 33.6 Å². The van der Waals surface area contributed by atoms with Gasteiger partial charge in [0.15, 0.2) is 11.9 Å². The first kappa shape index (κ1) is 23.7. The standard InChI is InChI=1S/C25H27ClO7/c1-15(28)31-25-23(29)12-21(13-27)33-24(25)17-4-7-22(26)18(11-17)10-16-2-5-19(6-3-16)32-20-8-9-30-14-20/h2-7,11,20-21,24-25,27H,8-10,12-14H2,1H3/t20-,21-,24-,25-/m0/s1. The largest absolute Gasteiger partial charge is 0.488 e. The molecule has 2 aliphatic rings. The van der Waals surface area contributed by atoms with Gasteiger partial charge >= 0.3 is 5.97 Å². The number of benzene rings is 2. The molecule has 33 heavy (non-hydrogen) atoms. The van der Waals surface area contributed by atoms with Crippen molar-refractivity contribution in [3.63, 3.8) is 0 Å². The van der Waals surface area contributed by atoms with E-state index in [0.717, 1.165) is 29.9 Å². The molecular weight excluding hydrogens is 448 g/mol. The summed E-state index contributed by atoms with van der Waals surface area (Å²) in [4.78, 5) is 24.1. The minimum Gasteiger partial charge on any atom is -0.488 e. The monoisotopic (exact) mass is 474 g/mol. The molecule has 0 amide bonds. The first-order valence-corrected chi connectivity index (χ1v) is 11.4. The SMILES string of the molecule is CC(=O)O[C@H]1C(=O)C[C@@H](CO)O[C@H]1c1ccc(Cl)c(Cc2ccc(O[C@H]3CCOC3)cc2)c1. The van der Waals surface area contributed by atoms with Crippen LogP contribution in [0.2, 0.25) is 5.02 Å². The fourth-order valence-corrected chi connectivity index (χ4v) is 4.30. The number of carbonyl (C=O) groups excluding carboxylic acids is 2. The third kappa shape index (κ3) is 5.92. The van der Waals surface area contributed by atoms with E-state index in [9.17, 15) is 14.7 Å². The second-order valence-electron chi connectivity index (χ2n) is 8.34. The van der Waals surface area contributed by atoms with Crippen LogP contribution in [0, 0.1) is 0 Å². The summed E-state index contributed by atoms with van der Waals surface area (Å²) in [5, 5.41) is 10.1. The molecule has 0 saturated carbocycles. The second-order valence-corrected chi connectivity index (χ2v) is 8.74. The Labute approximate surface area is 197 Å². The fraction of sp³-hybridized carbons (Fsp3) is 0.440. The lowest BCUT2D eigenvalue weighted by atomic mass is 9.92. The maximum absolute atomic E-state index is 12.6. The second kappa shape index (κ2) is 10.7. The molecule has 4 atom stereocenters. The molecule has 2 saturated heterocycles. The van der Waals surface area contributed by atoms with Gasteiger partial charge in [-0.3, -0.25) is 9.59 Å². The number of esters is 1. The summed E-state index contributed by atoms with van der Waals surface area (Å²) in [5.41, 5.74) is 2.54. The molecule has 0 unspecified atom stereocenters. The van der Waals surface area contributed by atoms with Gasteiger partial charge in [-0.25, -0.2) is 0 Å². The molecule has 1 N–H and O–H groups in total. The van der Waals surface area contributed by atoms with E-state index in [-0.39, 0.29) is 24.9 Å². The summed E-state index contributed by atoms with van der Waals surface area (Å²) in [6, 6.07) is 13.2. The van der Waals surface area contributed by atoms with Crippen LogP contribution in [0.25, 0.3) is 0 Å². The van der Waals surface area contributed by atoms with Gasteiger partial charge < -0.3 is 24.1 Å². The highest BCUT2D eigenvalue weighted by Gasteiger charge is 2.40. The van der Waals surface area contributed by atoms with Crippen LogP contribution in [-0.2, 0) is 30.2 Å². The van der Waals surface area contributed by atoms with Crippen LogP contribution in [0.15, 0.2) is 42.5 Å². The van der Waals surface area contributed by atoms with Gasteiger partial charge in [0.25, 0.3) is 0 Å². The normalized spacial score (nSPS) is 25.1. The van der Waals surface area contributed by atoms with Crippen LogP contribution < -0.4 is 4.74 Å². The van der Waals surface area contributed by atoms with Gasteiger partial charge in [-0.1, -0.05) is 35.9 Å². The van der Waals surface area contributed by atoms with E-state index >= 15 is 0 Å². The lowest BCUT2D eigenvalue weighted by Crippen LogP contribution is -2.44. The van der Waals surface area contributed by atoms with Crippen LogP contribution in [0.3, 0.4) is 0 Å². The van der Waals surface area contributed by atoms with Crippen molar-refractivity contribution in [2.45, 2.75) is 50.6 Å². The molecule has 2 aromatic rings. The highest BCUT2D eigenvalue weighted by molar-refractivity contribution is 6.31. The average molecular weight is 475 g/mol. The Hall–Kier alpha value is -2.45.